The Morgan fingerprint density at radius 3 is 2.70 bits per heavy atom. The molecule has 1 aromatic carbocycles. The van der Waals surface area contributed by atoms with Crippen LogP contribution in [-0.2, 0) is 25.7 Å². The average Bonchev–Trinajstić information content (AvgIpc) is 2.86. The Labute approximate surface area is 114 Å². The number of halogens is 3. The molecule has 1 aliphatic heterocycles. The first kappa shape index (κ1) is 13.2. The molecule has 0 fully saturated rings. The number of benzene rings is 1. The highest BCUT2D eigenvalue weighted by molar-refractivity contribution is 5.25. The fraction of sp³-hybridized carbons (Fsp3) is 0.357. The summed E-state index contributed by atoms with van der Waals surface area (Å²) in [5.41, 5.74) is 1.43. The Balaban J connectivity index is 1.67. The van der Waals surface area contributed by atoms with E-state index in [4.69, 9.17) is 0 Å². The molecule has 0 bridgehead atoms. The van der Waals surface area contributed by atoms with Crippen molar-refractivity contribution in [1.82, 2.24) is 14.9 Å². The van der Waals surface area contributed by atoms with Crippen LogP contribution >= 0.6 is 0 Å². The lowest BCUT2D eigenvalue weighted by molar-refractivity contribution is -0.137. The fourth-order valence-corrected chi connectivity index (χ4v) is 2.46. The molecular weight excluding hydrogens is 267 g/mol. The average molecular weight is 281 g/mol. The molecule has 1 atom stereocenters. The molecule has 6 heteroatoms. The number of rotatable bonds is 2. The van der Waals surface area contributed by atoms with Crippen LogP contribution in [0.5, 0.6) is 0 Å². The van der Waals surface area contributed by atoms with Crippen LogP contribution in [0.15, 0.2) is 36.8 Å². The van der Waals surface area contributed by atoms with E-state index >= 15 is 0 Å². The highest BCUT2D eigenvalue weighted by Gasteiger charge is 2.30. The lowest BCUT2D eigenvalue weighted by Gasteiger charge is -2.25. The predicted octanol–water partition coefficient (Wildman–Crippen LogP) is 2.62. The Morgan fingerprint density at radius 1 is 1.25 bits per heavy atom. The van der Waals surface area contributed by atoms with Crippen molar-refractivity contribution in [3.63, 3.8) is 0 Å². The van der Waals surface area contributed by atoms with Crippen LogP contribution in [0.3, 0.4) is 0 Å². The van der Waals surface area contributed by atoms with Crippen LogP contribution in [0.2, 0.25) is 0 Å². The van der Waals surface area contributed by atoms with Gasteiger partial charge in [-0.25, -0.2) is 4.98 Å². The second-order valence-corrected chi connectivity index (χ2v) is 5.01. The summed E-state index contributed by atoms with van der Waals surface area (Å²) < 4.78 is 39.5. The maximum Gasteiger partial charge on any atom is 0.416 e. The molecule has 3 nitrogen and oxygen atoms in total. The largest absolute Gasteiger partial charge is 0.416 e. The number of imidazole rings is 1. The van der Waals surface area contributed by atoms with Gasteiger partial charge in [0.2, 0.25) is 0 Å². The summed E-state index contributed by atoms with van der Waals surface area (Å²) in [5, 5.41) is 3.37. The number of nitrogens with zero attached hydrogens (tertiary/aromatic N) is 2. The van der Waals surface area contributed by atoms with Crippen molar-refractivity contribution in [3.05, 3.63) is 53.6 Å². The van der Waals surface area contributed by atoms with Crippen LogP contribution in [0, 0.1) is 0 Å². The molecule has 1 aliphatic rings. The second kappa shape index (κ2) is 4.94. The summed E-state index contributed by atoms with van der Waals surface area (Å²) in [6.07, 6.45) is 0.0420. The minimum absolute atomic E-state index is 0.216. The van der Waals surface area contributed by atoms with Crippen molar-refractivity contribution in [1.29, 1.82) is 0 Å². The van der Waals surface area contributed by atoms with E-state index in [9.17, 15) is 13.2 Å². The van der Waals surface area contributed by atoms with E-state index < -0.39 is 11.7 Å². The van der Waals surface area contributed by atoms with Gasteiger partial charge in [0.25, 0.3) is 0 Å². The minimum Gasteiger partial charge on any atom is -0.332 e. The van der Waals surface area contributed by atoms with Crippen molar-refractivity contribution < 1.29 is 13.2 Å². The Bertz CT molecular complexity index is 586. The smallest absolute Gasteiger partial charge is 0.332 e. The molecule has 0 unspecified atom stereocenters. The summed E-state index contributed by atoms with van der Waals surface area (Å²) >= 11 is 0. The summed E-state index contributed by atoms with van der Waals surface area (Å²) in [5.74, 6) is 0. The van der Waals surface area contributed by atoms with E-state index in [1.807, 2.05) is 6.20 Å². The molecule has 106 valence electrons. The molecule has 1 N–H and O–H groups in total. The van der Waals surface area contributed by atoms with E-state index in [2.05, 4.69) is 14.9 Å². The van der Waals surface area contributed by atoms with Crippen molar-refractivity contribution in [2.75, 3.05) is 0 Å². The number of hydrogen-bond acceptors (Lipinski definition) is 2. The van der Waals surface area contributed by atoms with Gasteiger partial charge in [0.15, 0.2) is 0 Å². The van der Waals surface area contributed by atoms with Gasteiger partial charge in [-0.1, -0.05) is 12.1 Å². The normalized spacial score (nSPS) is 18.9. The first-order valence-corrected chi connectivity index (χ1v) is 6.41. The van der Waals surface area contributed by atoms with Crippen LogP contribution in [0.1, 0.15) is 16.8 Å². The molecule has 0 aliphatic carbocycles. The summed E-state index contributed by atoms with van der Waals surface area (Å²) in [6, 6.07) is 5.59. The predicted molar refractivity (Wildman–Crippen MR) is 68.0 cm³/mol. The zero-order valence-corrected chi connectivity index (χ0v) is 10.7. The van der Waals surface area contributed by atoms with Crippen molar-refractivity contribution >= 4 is 0 Å². The van der Waals surface area contributed by atoms with E-state index in [1.54, 1.807) is 18.5 Å². The lowest BCUT2D eigenvalue weighted by atomic mass is 10.0. The van der Waals surface area contributed by atoms with E-state index in [-0.39, 0.29) is 6.04 Å². The molecule has 2 aromatic rings. The third kappa shape index (κ3) is 2.70. The van der Waals surface area contributed by atoms with Gasteiger partial charge in [-0.3, -0.25) is 0 Å². The minimum atomic E-state index is -4.27. The van der Waals surface area contributed by atoms with Crippen molar-refractivity contribution in [2.45, 2.75) is 31.7 Å². The number of nitrogens with one attached hydrogen (secondary N) is 1. The zero-order valence-electron chi connectivity index (χ0n) is 10.7. The molecular formula is C14H14F3N3. The van der Waals surface area contributed by atoms with Gasteiger partial charge in [0, 0.05) is 25.3 Å². The highest BCUT2D eigenvalue weighted by atomic mass is 19.4. The number of aromatic nitrogens is 2. The molecule has 3 rings (SSSR count). The van der Waals surface area contributed by atoms with Crippen LogP contribution in [0.25, 0.3) is 0 Å². The molecule has 2 heterocycles. The van der Waals surface area contributed by atoms with Gasteiger partial charge in [-0.2, -0.15) is 13.2 Å². The second-order valence-electron chi connectivity index (χ2n) is 5.01. The monoisotopic (exact) mass is 281 g/mol. The zero-order chi connectivity index (χ0) is 14.2. The van der Waals surface area contributed by atoms with Crippen molar-refractivity contribution in [3.8, 4) is 0 Å². The van der Waals surface area contributed by atoms with Gasteiger partial charge in [0.05, 0.1) is 17.6 Å². The Hall–Kier alpha value is -1.82. The van der Waals surface area contributed by atoms with Gasteiger partial charge in [0.1, 0.15) is 0 Å². The first-order chi connectivity index (χ1) is 9.52. The van der Waals surface area contributed by atoms with Gasteiger partial charge in [-0.05, 0) is 24.1 Å². The maximum absolute atomic E-state index is 12.5. The molecule has 0 spiro atoms. The number of fused-ring (bicyclic) bond motifs is 1. The third-order valence-electron chi connectivity index (χ3n) is 3.55. The number of hydrogen-bond donors (Lipinski definition) is 1. The first-order valence-electron chi connectivity index (χ1n) is 6.41. The number of alkyl halides is 3. The molecule has 0 saturated carbocycles. The third-order valence-corrected chi connectivity index (χ3v) is 3.55. The van der Waals surface area contributed by atoms with E-state index in [0.29, 0.717) is 6.42 Å². The van der Waals surface area contributed by atoms with Crippen LogP contribution in [-0.4, -0.2) is 15.6 Å². The molecule has 20 heavy (non-hydrogen) atoms. The quantitative estimate of drug-likeness (QED) is 0.917. The summed E-state index contributed by atoms with van der Waals surface area (Å²) in [7, 11) is 0. The lowest BCUT2D eigenvalue weighted by Crippen LogP contribution is -2.39. The SMILES string of the molecule is FC(F)(F)c1ccc(C[C@H]2Cn3cncc3CN2)cc1. The van der Waals surface area contributed by atoms with E-state index in [1.165, 1.54) is 0 Å². The van der Waals surface area contributed by atoms with Crippen LogP contribution in [0.4, 0.5) is 13.2 Å². The Morgan fingerprint density at radius 2 is 2.00 bits per heavy atom. The standard InChI is InChI=1S/C14H14F3N3/c15-14(16,17)11-3-1-10(2-4-11)5-12-8-20-9-18-6-13(20)7-19-12/h1-4,6,9,12,19H,5,7-8H2/t12-/m0/s1. The topological polar surface area (TPSA) is 29.9 Å². The molecule has 0 radical (unpaired) electrons. The van der Waals surface area contributed by atoms with E-state index in [0.717, 1.165) is 36.5 Å². The van der Waals surface area contributed by atoms with Gasteiger partial charge < -0.3 is 9.88 Å². The molecule has 0 amide bonds. The molecule has 1 aromatic heterocycles. The highest BCUT2D eigenvalue weighted by Crippen LogP contribution is 2.29. The maximum atomic E-state index is 12.5. The van der Waals surface area contributed by atoms with Gasteiger partial charge >= 0.3 is 6.18 Å². The summed E-state index contributed by atoms with van der Waals surface area (Å²) in [6.45, 7) is 1.53. The van der Waals surface area contributed by atoms with Crippen molar-refractivity contribution in [2.24, 2.45) is 0 Å². The Kier molecular flexibility index (Phi) is 3.25. The fourth-order valence-electron chi connectivity index (χ4n) is 2.46. The summed E-state index contributed by atoms with van der Waals surface area (Å²) in [4.78, 5) is 4.08. The molecule has 0 saturated heterocycles. The van der Waals surface area contributed by atoms with Gasteiger partial charge in [-0.15, -0.1) is 0 Å². The van der Waals surface area contributed by atoms with Crippen LogP contribution < -0.4 is 5.32 Å².